The zero-order chi connectivity index (χ0) is 13.8. The fourth-order valence-corrected chi connectivity index (χ4v) is 2.86. The molecule has 0 bridgehead atoms. The third-order valence-corrected chi connectivity index (χ3v) is 3.86. The SMILES string of the molecule is CCCC1CCCCN1C(=O)c1cc(C)ccc1F. The summed E-state index contributed by atoms with van der Waals surface area (Å²) in [4.78, 5) is 14.4. The van der Waals surface area contributed by atoms with Crippen LogP contribution in [0.5, 0.6) is 0 Å². The zero-order valence-corrected chi connectivity index (χ0v) is 11.8. The van der Waals surface area contributed by atoms with E-state index < -0.39 is 5.82 Å². The highest BCUT2D eigenvalue weighted by Crippen LogP contribution is 2.24. The van der Waals surface area contributed by atoms with Gasteiger partial charge in [0.15, 0.2) is 0 Å². The molecule has 1 amide bonds. The second-order valence-corrected chi connectivity index (χ2v) is 5.42. The molecule has 0 N–H and O–H groups in total. The summed E-state index contributed by atoms with van der Waals surface area (Å²) in [5.41, 5.74) is 1.15. The van der Waals surface area contributed by atoms with Crippen LogP contribution < -0.4 is 0 Å². The summed E-state index contributed by atoms with van der Waals surface area (Å²) in [5.74, 6) is -0.546. The summed E-state index contributed by atoms with van der Waals surface area (Å²) in [7, 11) is 0. The Morgan fingerprint density at radius 3 is 2.95 bits per heavy atom. The first-order valence-electron chi connectivity index (χ1n) is 7.20. The molecule has 1 aliphatic rings. The van der Waals surface area contributed by atoms with Crippen molar-refractivity contribution in [3.63, 3.8) is 0 Å². The fraction of sp³-hybridized carbons (Fsp3) is 0.562. The number of halogens is 1. The summed E-state index contributed by atoms with van der Waals surface area (Å²) in [5, 5.41) is 0. The van der Waals surface area contributed by atoms with E-state index in [1.54, 1.807) is 12.1 Å². The van der Waals surface area contributed by atoms with Gasteiger partial charge in [-0.05, 0) is 44.7 Å². The van der Waals surface area contributed by atoms with E-state index in [2.05, 4.69) is 6.92 Å². The van der Waals surface area contributed by atoms with E-state index in [4.69, 9.17) is 0 Å². The Balaban J connectivity index is 2.23. The van der Waals surface area contributed by atoms with Gasteiger partial charge >= 0.3 is 0 Å². The summed E-state index contributed by atoms with van der Waals surface area (Å²) >= 11 is 0. The molecule has 0 saturated carbocycles. The van der Waals surface area contributed by atoms with Crippen LogP contribution in [0, 0.1) is 12.7 Å². The number of carbonyl (C=O) groups is 1. The maximum atomic E-state index is 13.8. The standard InChI is InChI=1S/C16H22FNO/c1-3-6-13-7-4-5-10-18(13)16(19)14-11-12(2)8-9-15(14)17/h8-9,11,13H,3-7,10H2,1-2H3. The summed E-state index contributed by atoms with van der Waals surface area (Å²) in [6, 6.07) is 5.04. The first kappa shape index (κ1) is 14.0. The second kappa shape index (κ2) is 6.18. The van der Waals surface area contributed by atoms with Crippen molar-refractivity contribution in [1.29, 1.82) is 0 Å². The number of rotatable bonds is 3. The number of likely N-dealkylation sites (tertiary alicyclic amines) is 1. The fourth-order valence-electron chi connectivity index (χ4n) is 2.86. The van der Waals surface area contributed by atoms with Crippen LogP contribution in [-0.2, 0) is 0 Å². The number of aryl methyl sites for hydroxylation is 1. The van der Waals surface area contributed by atoms with Crippen LogP contribution in [-0.4, -0.2) is 23.4 Å². The van der Waals surface area contributed by atoms with Crippen molar-refractivity contribution < 1.29 is 9.18 Å². The first-order valence-corrected chi connectivity index (χ1v) is 7.20. The molecular formula is C16H22FNO. The predicted octanol–water partition coefficient (Wildman–Crippen LogP) is 3.93. The largest absolute Gasteiger partial charge is 0.336 e. The molecule has 2 rings (SSSR count). The smallest absolute Gasteiger partial charge is 0.257 e. The Morgan fingerprint density at radius 2 is 2.21 bits per heavy atom. The highest BCUT2D eigenvalue weighted by atomic mass is 19.1. The number of piperidine rings is 1. The van der Waals surface area contributed by atoms with Gasteiger partial charge in [0.2, 0.25) is 0 Å². The molecule has 1 aromatic rings. The molecule has 1 saturated heterocycles. The van der Waals surface area contributed by atoms with E-state index >= 15 is 0 Å². The zero-order valence-electron chi connectivity index (χ0n) is 11.8. The predicted molar refractivity (Wildman–Crippen MR) is 74.7 cm³/mol. The van der Waals surface area contributed by atoms with Crippen molar-refractivity contribution in [2.75, 3.05) is 6.54 Å². The maximum absolute atomic E-state index is 13.8. The van der Waals surface area contributed by atoms with Gasteiger partial charge in [-0.1, -0.05) is 25.0 Å². The van der Waals surface area contributed by atoms with E-state index in [1.807, 2.05) is 11.8 Å². The van der Waals surface area contributed by atoms with Gasteiger partial charge in [0.25, 0.3) is 5.91 Å². The van der Waals surface area contributed by atoms with Gasteiger partial charge in [0.05, 0.1) is 5.56 Å². The van der Waals surface area contributed by atoms with Crippen molar-refractivity contribution >= 4 is 5.91 Å². The molecule has 0 aliphatic carbocycles. The van der Waals surface area contributed by atoms with Gasteiger partial charge in [0.1, 0.15) is 5.82 Å². The number of amides is 1. The monoisotopic (exact) mass is 263 g/mol. The Morgan fingerprint density at radius 1 is 1.42 bits per heavy atom. The molecule has 0 radical (unpaired) electrons. The molecule has 0 spiro atoms. The van der Waals surface area contributed by atoms with Crippen molar-refractivity contribution in [1.82, 2.24) is 4.90 Å². The van der Waals surface area contributed by atoms with Gasteiger partial charge in [0, 0.05) is 12.6 Å². The highest BCUT2D eigenvalue weighted by Gasteiger charge is 2.28. The minimum Gasteiger partial charge on any atom is -0.336 e. The average molecular weight is 263 g/mol. The van der Waals surface area contributed by atoms with Crippen molar-refractivity contribution in [3.05, 3.63) is 35.1 Å². The van der Waals surface area contributed by atoms with Gasteiger partial charge in [-0.3, -0.25) is 4.79 Å². The van der Waals surface area contributed by atoms with Crippen LogP contribution in [0.1, 0.15) is 54.9 Å². The van der Waals surface area contributed by atoms with Crippen LogP contribution in [0.25, 0.3) is 0 Å². The summed E-state index contributed by atoms with van der Waals surface area (Å²) < 4.78 is 13.8. The first-order chi connectivity index (χ1) is 9.13. The third-order valence-electron chi connectivity index (χ3n) is 3.86. The van der Waals surface area contributed by atoms with Gasteiger partial charge in [-0.25, -0.2) is 4.39 Å². The third kappa shape index (κ3) is 3.14. The van der Waals surface area contributed by atoms with E-state index in [0.717, 1.165) is 37.8 Å². The average Bonchev–Trinajstić information content (AvgIpc) is 2.42. The van der Waals surface area contributed by atoms with E-state index in [0.29, 0.717) is 0 Å². The lowest BCUT2D eigenvalue weighted by Crippen LogP contribution is -2.44. The molecule has 19 heavy (non-hydrogen) atoms. The lowest BCUT2D eigenvalue weighted by Gasteiger charge is -2.36. The molecular weight excluding hydrogens is 241 g/mol. The lowest BCUT2D eigenvalue weighted by atomic mass is 9.97. The number of hydrogen-bond donors (Lipinski definition) is 0. The molecule has 3 heteroatoms. The van der Waals surface area contributed by atoms with Crippen LogP contribution in [0.2, 0.25) is 0 Å². The van der Waals surface area contributed by atoms with Crippen LogP contribution in [0.3, 0.4) is 0 Å². The quantitative estimate of drug-likeness (QED) is 0.809. The minimum atomic E-state index is -0.406. The molecule has 1 atom stereocenters. The number of nitrogens with zero attached hydrogens (tertiary/aromatic N) is 1. The van der Waals surface area contributed by atoms with E-state index in [1.165, 1.54) is 12.5 Å². The normalized spacial score (nSPS) is 19.5. The van der Waals surface area contributed by atoms with Crippen LogP contribution in [0.15, 0.2) is 18.2 Å². The van der Waals surface area contributed by atoms with Crippen LogP contribution in [0.4, 0.5) is 4.39 Å². The lowest BCUT2D eigenvalue weighted by molar-refractivity contribution is 0.0596. The Hall–Kier alpha value is -1.38. The summed E-state index contributed by atoms with van der Waals surface area (Å²) in [6.45, 7) is 4.78. The second-order valence-electron chi connectivity index (χ2n) is 5.42. The Labute approximate surface area is 114 Å². The highest BCUT2D eigenvalue weighted by molar-refractivity contribution is 5.95. The maximum Gasteiger partial charge on any atom is 0.257 e. The Kier molecular flexibility index (Phi) is 4.56. The molecule has 1 aromatic carbocycles. The van der Waals surface area contributed by atoms with Gasteiger partial charge in [-0.2, -0.15) is 0 Å². The number of carbonyl (C=O) groups excluding carboxylic acids is 1. The van der Waals surface area contributed by atoms with Crippen molar-refractivity contribution in [2.24, 2.45) is 0 Å². The molecule has 1 unspecified atom stereocenters. The Bertz CT molecular complexity index is 456. The van der Waals surface area contributed by atoms with Crippen LogP contribution >= 0.6 is 0 Å². The van der Waals surface area contributed by atoms with Crippen molar-refractivity contribution in [2.45, 2.75) is 52.0 Å². The van der Waals surface area contributed by atoms with Gasteiger partial charge < -0.3 is 4.90 Å². The molecule has 1 aliphatic heterocycles. The van der Waals surface area contributed by atoms with Gasteiger partial charge in [-0.15, -0.1) is 0 Å². The van der Waals surface area contributed by atoms with E-state index in [-0.39, 0.29) is 17.5 Å². The molecule has 1 heterocycles. The minimum absolute atomic E-state index is 0.139. The summed E-state index contributed by atoms with van der Waals surface area (Å²) in [6.07, 6.45) is 5.32. The number of hydrogen-bond acceptors (Lipinski definition) is 1. The molecule has 1 fully saturated rings. The molecule has 104 valence electrons. The molecule has 2 nitrogen and oxygen atoms in total. The van der Waals surface area contributed by atoms with Crippen molar-refractivity contribution in [3.8, 4) is 0 Å². The molecule has 0 aromatic heterocycles. The topological polar surface area (TPSA) is 20.3 Å². The van der Waals surface area contributed by atoms with E-state index in [9.17, 15) is 9.18 Å². The number of benzene rings is 1.